The summed E-state index contributed by atoms with van der Waals surface area (Å²) in [5.41, 5.74) is -2.95. The molecule has 2 rings (SSSR count). The second kappa shape index (κ2) is 7.07. The summed E-state index contributed by atoms with van der Waals surface area (Å²) in [6, 6.07) is 5.98. The second-order valence-electron chi connectivity index (χ2n) is 4.79. The molecule has 3 N–H and O–H groups in total. The van der Waals surface area contributed by atoms with E-state index in [1.165, 1.54) is 24.3 Å². The average molecular weight is 356 g/mol. The fraction of sp³-hybridized carbons (Fsp3) is 0.133. The molecule has 0 bridgehead atoms. The van der Waals surface area contributed by atoms with Crippen LogP contribution in [-0.2, 0) is 11.0 Å². The van der Waals surface area contributed by atoms with Crippen LogP contribution in [0.3, 0.4) is 0 Å². The average Bonchev–Trinajstić information content (AvgIpc) is 2.53. The number of carboxylic acid groups (broad SMARTS) is 1. The minimum absolute atomic E-state index is 0.240. The normalized spacial score (nSPS) is 11.0. The predicted octanol–water partition coefficient (Wildman–Crippen LogP) is 2.11. The molecule has 0 aliphatic heterocycles. The van der Waals surface area contributed by atoms with Crippen LogP contribution in [0.5, 0.6) is 5.75 Å². The highest BCUT2D eigenvalue weighted by Crippen LogP contribution is 2.26. The minimum atomic E-state index is -4.88. The molecule has 1 aromatic heterocycles. The molecule has 0 fully saturated rings. The minimum Gasteiger partial charge on any atom is -0.482 e. The van der Waals surface area contributed by atoms with Gasteiger partial charge in [-0.3, -0.25) is 9.59 Å². The molecule has 0 saturated heterocycles. The zero-order valence-corrected chi connectivity index (χ0v) is 12.4. The van der Waals surface area contributed by atoms with Crippen LogP contribution in [0.15, 0.2) is 41.3 Å². The largest absolute Gasteiger partial charge is 0.482 e. The van der Waals surface area contributed by atoms with Crippen LogP contribution in [0.1, 0.15) is 15.9 Å². The van der Waals surface area contributed by atoms with E-state index in [1.807, 2.05) is 4.98 Å². The van der Waals surface area contributed by atoms with Crippen molar-refractivity contribution < 1.29 is 32.6 Å². The van der Waals surface area contributed by atoms with Crippen molar-refractivity contribution in [1.29, 1.82) is 0 Å². The summed E-state index contributed by atoms with van der Waals surface area (Å²) in [6.07, 6.45) is -4.01. The Balaban J connectivity index is 2.12. The third-order valence-electron chi connectivity index (χ3n) is 2.95. The van der Waals surface area contributed by atoms with E-state index in [9.17, 15) is 27.6 Å². The smallest absolute Gasteiger partial charge is 0.421 e. The lowest BCUT2D eigenvalue weighted by Gasteiger charge is -2.09. The maximum absolute atomic E-state index is 12.7. The number of carboxylic acids is 1. The predicted molar refractivity (Wildman–Crippen MR) is 79.6 cm³/mol. The van der Waals surface area contributed by atoms with Crippen molar-refractivity contribution in [1.82, 2.24) is 4.98 Å². The number of aromatic nitrogens is 1. The van der Waals surface area contributed by atoms with Gasteiger partial charge in [0.25, 0.3) is 11.5 Å². The molecule has 0 saturated carbocycles. The Hall–Kier alpha value is -3.30. The van der Waals surface area contributed by atoms with Crippen molar-refractivity contribution in [3.63, 3.8) is 0 Å². The molecule has 25 heavy (non-hydrogen) atoms. The molecular weight excluding hydrogens is 345 g/mol. The maximum Gasteiger partial charge on any atom is 0.421 e. The van der Waals surface area contributed by atoms with Gasteiger partial charge < -0.3 is 20.1 Å². The molecule has 132 valence electrons. The van der Waals surface area contributed by atoms with Crippen molar-refractivity contribution in [3.8, 4) is 5.75 Å². The summed E-state index contributed by atoms with van der Waals surface area (Å²) in [5.74, 6) is -1.78. The van der Waals surface area contributed by atoms with Crippen molar-refractivity contribution >= 4 is 17.6 Å². The fourth-order valence-corrected chi connectivity index (χ4v) is 1.81. The molecule has 1 amide bonds. The van der Waals surface area contributed by atoms with Gasteiger partial charge in [-0.2, -0.15) is 13.2 Å². The van der Waals surface area contributed by atoms with Crippen LogP contribution >= 0.6 is 0 Å². The monoisotopic (exact) mass is 356 g/mol. The zero-order chi connectivity index (χ0) is 18.6. The number of pyridine rings is 1. The lowest BCUT2D eigenvalue weighted by molar-refractivity contribution is -0.139. The summed E-state index contributed by atoms with van der Waals surface area (Å²) in [6.45, 7) is -0.538. The Bertz CT molecular complexity index is 843. The number of halogens is 3. The number of rotatable bonds is 5. The van der Waals surface area contributed by atoms with Crippen LogP contribution in [-0.4, -0.2) is 28.6 Å². The lowest BCUT2D eigenvalue weighted by Crippen LogP contribution is -2.23. The number of ether oxygens (including phenoxy) is 1. The number of H-pyrrole nitrogens is 1. The van der Waals surface area contributed by atoms with Crippen LogP contribution in [0.25, 0.3) is 0 Å². The number of aromatic amines is 1. The molecule has 2 aromatic rings. The molecule has 7 nitrogen and oxygen atoms in total. The van der Waals surface area contributed by atoms with Crippen LogP contribution in [0.2, 0.25) is 0 Å². The Kier molecular flexibility index (Phi) is 5.11. The van der Waals surface area contributed by atoms with Crippen molar-refractivity contribution in [2.24, 2.45) is 0 Å². The van der Waals surface area contributed by atoms with Crippen molar-refractivity contribution in [3.05, 3.63) is 58.0 Å². The maximum atomic E-state index is 12.7. The molecular formula is C15H11F3N2O5. The number of anilines is 1. The standard InChI is InChI=1S/C15H11F3N2O5/c16-15(17,18)11-5-8(6-19-14(11)24)13(23)20-9-1-3-10(4-2-9)25-7-12(21)22/h1-6H,7H2,(H,19,24)(H,20,23)(H,21,22). The summed E-state index contributed by atoms with van der Waals surface area (Å²) < 4.78 is 43.0. The highest BCUT2D eigenvalue weighted by Gasteiger charge is 2.34. The Morgan fingerprint density at radius 1 is 1.20 bits per heavy atom. The van der Waals surface area contributed by atoms with E-state index in [1.54, 1.807) is 0 Å². The van der Waals surface area contributed by atoms with Gasteiger partial charge in [0.1, 0.15) is 11.3 Å². The van der Waals surface area contributed by atoms with E-state index < -0.39 is 35.8 Å². The van der Waals surface area contributed by atoms with Gasteiger partial charge >= 0.3 is 12.1 Å². The Morgan fingerprint density at radius 3 is 2.40 bits per heavy atom. The van der Waals surface area contributed by atoms with Gasteiger partial charge in [0.2, 0.25) is 0 Å². The molecule has 1 heterocycles. The van der Waals surface area contributed by atoms with Gasteiger partial charge in [0, 0.05) is 11.9 Å². The number of nitrogens with one attached hydrogen (secondary N) is 2. The van der Waals surface area contributed by atoms with Gasteiger partial charge in [0.05, 0.1) is 5.56 Å². The molecule has 0 aliphatic rings. The third kappa shape index (κ3) is 4.83. The summed E-state index contributed by atoms with van der Waals surface area (Å²) in [7, 11) is 0. The number of alkyl halides is 3. The summed E-state index contributed by atoms with van der Waals surface area (Å²) >= 11 is 0. The Labute approximate surface area is 138 Å². The van der Waals surface area contributed by atoms with E-state index in [0.717, 1.165) is 6.20 Å². The van der Waals surface area contributed by atoms with E-state index in [2.05, 4.69) is 5.32 Å². The lowest BCUT2D eigenvalue weighted by atomic mass is 10.2. The number of benzene rings is 1. The molecule has 0 spiro atoms. The van der Waals surface area contributed by atoms with Gasteiger partial charge in [-0.05, 0) is 30.3 Å². The first kappa shape index (κ1) is 18.0. The van der Waals surface area contributed by atoms with Gasteiger partial charge in [-0.1, -0.05) is 0 Å². The van der Waals surface area contributed by atoms with E-state index in [0.29, 0.717) is 6.07 Å². The highest BCUT2D eigenvalue weighted by atomic mass is 19.4. The highest BCUT2D eigenvalue weighted by molar-refractivity contribution is 6.04. The fourth-order valence-electron chi connectivity index (χ4n) is 1.81. The SMILES string of the molecule is O=C(O)COc1ccc(NC(=O)c2c[nH]c(=O)c(C(F)(F)F)c2)cc1. The zero-order valence-electron chi connectivity index (χ0n) is 12.4. The molecule has 0 atom stereocenters. The van der Waals surface area contributed by atoms with Gasteiger partial charge in [-0.15, -0.1) is 0 Å². The van der Waals surface area contributed by atoms with Gasteiger partial charge in [0.15, 0.2) is 6.61 Å². The number of hydrogen-bond donors (Lipinski definition) is 3. The summed E-state index contributed by atoms with van der Waals surface area (Å²) in [5, 5.41) is 10.8. The van der Waals surface area contributed by atoms with Crippen LogP contribution < -0.4 is 15.6 Å². The van der Waals surface area contributed by atoms with Crippen molar-refractivity contribution in [2.75, 3.05) is 11.9 Å². The second-order valence-corrected chi connectivity index (χ2v) is 4.79. The van der Waals surface area contributed by atoms with Crippen molar-refractivity contribution in [2.45, 2.75) is 6.18 Å². The molecule has 10 heteroatoms. The first-order valence-corrected chi connectivity index (χ1v) is 6.73. The molecule has 0 radical (unpaired) electrons. The quantitative estimate of drug-likeness (QED) is 0.760. The Morgan fingerprint density at radius 2 is 1.84 bits per heavy atom. The number of carbonyl (C=O) groups excluding carboxylic acids is 1. The molecule has 0 aliphatic carbocycles. The van der Waals surface area contributed by atoms with Crippen LogP contribution in [0, 0.1) is 0 Å². The first-order valence-electron chi connectivity index (χ1n) is 6.73. The number of hydrogen-bond acceptors (Lipinski definition) is 4. The molecule has 0 unspecified atom stereocenters. The van der Waals surface area contributed by atoms with Gasteiger partial charge in [-0.25, -0.2) is 4.79 Å². The first-order chi connectivity index (χ1) is 11.7. The van der Waals surface area contributed by atoms with E-state index in [-0.39, 0.29) is 17.0 Å². The van der Waals surface area contributed by atoms with E-state index >= 15 is 0 Å². The third-order valence-corrected chi connectivity index (χ3v) is 2.95. The summed E-state index contributed by atoms with van der Waals surface area (Å²) in [4.78, 5) is 35.4. The van der Waals surface area contributed by atoms with Crippen LogP contribution in [0.4, 0.5) is 18.9 Å². The van der Waals surface area contributed by atoms with E-state index in [4.69, 9.17) is 9.84 Å². The number of aliphatic carboxylic acids is 1. The number of carbonyl (C=O) groups is 2. The number of amides is 1. The topological polar surface area (TPSA) is 108 Å². The molecule has 1 aromatic carbocycles.